The van der Waals surface area contributed by atoms with Crippen LogP contribution in [-0.4, -0.2) is 11.0 Å². The van der Waals surface area contributed by atoms with Crippen molar-refractivity contribution in [3.63, 3.8) is 0 Å². The number of primary amides is 1. The molecule has 0 unspecified atom stereocenters. The van der Waals surface area contributed by atoms with E-state index in [4.69, 9.17) is 10.5 Å². The molecule has 1 aromatic carbocycles. The van der Waals surface area contributed by atoms with Gasteiger partial charge >= 0.3 is 6.03 Å². The highest BCUT2D eigenvalue weighted by atomic mass is 16.5. The third kappa shape index (κ3) is 3.48. The normalized spacial score (nSPS) is 9.78. The van der Waals surface area contributed by atoms with Crippen LogP contribution in [-0.2, 0) is 6.54 Å². The SMILES string of the molecule is NC(=O)NCc1ccc(Oc2ccncc2)cc1. The molecule has 1 heterocycles. The van der Waals surface area contributed by atoms with Crippen LogP contribution in [0.1, 0.15) is 5.56 Å². The summed E-state index contributed by atoms with van der Waals surface area (Å²) in [4.78, 5) is 14.5. The topological polar surface area (TPSA) is 77.2 Å². The van der Waals surface area contributed by atoms with E-state index in [1.807, 2.05) is 24.3 Å². The van der Waals surface area contributed by atoms with E-state index in [-0.39, 0.29) is 0 Å². The summed E-state index contributed by atoms with van der Waals surface area (Å²) in [5.41, 5.74) is 5.95. The van der Waals surface area contributed by atoms with Crippen molar-refractivity contribution in [3.05, 3.63) is 54.4 Å². The van der Waals surface area contributed by atoms with Crippen LogP contribution in [0, 0.1) is 0 Å². The standard InChI is InChI=1S/C13H13N3O2/c14-13(17)16-9-10-1-3-11(4-2-10)18-12-5-7-15-8-6-12/h1-8H,9H2,(H3,14,16,17). The van der Waals surface area contributed by atoms with Crippen LogP contribution in [0.3, 0.4) is 0 Å². The molecule has 0 saturated heterocycles. The van der Waals surface area contributed by atoms with E-state index in [1.54, 1.807) is 24.5 Å². The zero-order valence-electron chi connectivity index (χ0n) is 9.67. The molecule has 1 aromatic heterocycles. The van der Waals surface area contributed by atoms with Crippen molar-refractivity contribution in [1.82, 2.24) is 10.3 Å². The molecular formula is C13H13N3O2. The molecule has 0 atom stereocenters. The van der Waals surface area contributed by atoms with Crippen LogP contribution >= 0.6 is 0 Å². The van der Waals surface area contributed by atoms with Crippen molar-refractivity contribution in [2.45, 2.75) is 6.54 Å². The summed E-state index contributed by atoms with van der Waals surface area (Å²) >= 11 is 0. The van der Waals surface area contributed by atoms with Gasteiger partial charge in [0, 0.05) is 18.9 Å². The second-order valence-electron chi connectivity index (χ2n) is 3.65. The molecule has 2 aromatic rings. The molecule has 0 aliphatic heterocycles. The Morgan fingerprint density at radius 2 is 1.72 bits per heavy atom. The predicted molar refractivity (Wildman–Crippen MR) is 67.2 cm³/mol. The number of aromatic nitrogens is 1. The number of nitrogens with zero attached hydrogens (tertiary/aromatic N) is 1. The first-order valence-electron chi connectivity index (χ1n) is 5.44. The number of pyridine rings is 1. The van der Waals surface area contributed by atoms with Crippen LogP contribution in [0.25, 0.3) is 0 Å². The summed E-state index contributed by atoms with van der Waals surface area (Å²) in [6.45, 7) is 0.408. The number of carbonyl (C=O) groups is 1. The van der Waals surface area contributed by atoms with Gasteiger partial charge in [-0.1, -0.05) is 12.1 Å². The highest BCUT2D eigenvalue weighted by Crippen LogP contribution is 2.20. The minimum Gasteiger partial charge on any atom is -0.457 e. The fraction of sp³-hybridized carbons (Fsp3) is 0.0769. The van der Waals surface area contributed by atoms with E-state index in [2.05, 4.69) is 10.3 Å². The van der Waals surface area contributed by atoms with Gasteiger partial charge in [-0.2, -0.15) is 0 Å². The van der Waals surface area contributed by atoms with Gasteiger partial charge in [-0.25, -0.2) is 4.79 Å². The monoisotopic (exact) mass is 243 g/mol. The van der Waals surface area contributed by atoms with Gasteiger partial charge in [0.2, 0.25) is 0 Å². The Labute approximate surface area is 105 Å². The zero-order chi connectivity index (χ0) is 12.8. The van der Waals surface area contributed by atoms with Gasteiger partial charge < -0.3 is 15.8 Å². The van der Waals surface area contributed by atoms with Crippen molar-refractivity contribution in [2.75, 3.05) is 0 Å². The Morgan fingerprint density at radius 1 is 1.11 bits per heavy atom. The van der Waals surface area contributed by atoms with Crippen molar-refractivity contribution in [2.24, 2.45) is 5.73 Å². The molecule has 0 fully saturated rings. The van der Waals surface area contributed by atoms with Gasteiger partial charge in [-0.05, 0) is 29.8 Å². The number of nitrogens with one attached hydrogen (secondary N) is 1. The molecule has 0 bridgehead atoms. The van der Waals surface area contributed by atoms with Gasteiger partial charge in [-0.3, -0.25) is 4.98 Å². The number of hydrogen-bond acceptors (Lipinski definition) is 3. The second kappa shape index (κ2) is 5.67. The summed E-state index contributed by atoms with van der Waals surface area (Å²) < 4.78 is 5.61. The lowest BCUT2D eigenvalue weighted by Gasteiger charge is -2.06. The summed E-state index contributed by atoms with van der Waals surface area (Å²) in [6.07, 6.45) is 3.33. The molecule has 18 heavy (non-hydrogen) atoms. The van der Waals surface area contributed by atoms with E-state index >= 15 is 0 Å². The Hall–Kier alpha value is -2.56. The molecule has 92 valence electrons. The van der Waals surface area contributed by atoms with Gasteiger partial charge in [0.15, 0.2) is 0 Å². The van der Waals surface area contributed by atoms with E-state index in [0.29, 0.717) is 6.54 Å². The number of hydrogen-bond donors (Lipinski definition) is 2. The molecule has 2 rings (SSSR count). The molecule has 5 nitrogen and oxygen atoms in total. The largest absolute Gasteiger partial charge is 0.457 e. The molecular weight excluding hydrogens is 230 g/mol. The lowest BCUT2D eigenvalue weighted by atomic mass is 10.2. The van der Waals surface area contributed by atoms with Gasteiger partial charge in [0.05, 0.1) is 0 Å². The zero-order valence-corrected chi connectivity index (χ0v) is 9.67. The first-order chi connectivity index (χ1) is 8.74. The number of benzene rings is 1. The maximum atomic E-state index is 10.6. The Morgan fingerprint density at radius 3 is 2.33 bits per heavy atom. The van der Waals surface area contributed by atoms with Crippen LogP contribution in [0.4, 0.5) is 4.79 Å². The summed E-state index contributed by atoms with van der Waals surface area (Å²) in [5, 5.41) is 2.52. The Kier molecular flexibility index (Phi) is 3.76. The minimum absolute atomic E-state index is 0.408. The summed E-state index contributed by atoms with van der Waals surface area (Å²) in [6, 6.07) is 10.4. The highest BCUT2D eigenvalue weighted by molar-refractivity contribution is 5.71. The molecule has 0 aliphatic carbocycles. The van der Waals surface area contributed by atoms with Crippen LogP contribution in [0.2, 0.25) is 0 Å². The smallest absolute Gasteiger partial charge is 0.312 e. The third-order valence-electron chi connectivity index (χ3n) is 2.28. The number of amides is 2. The van der Waals surface area contributed by atoms with Gasteiger partial charge in [0.1, 0.15) is 11.5 Å². The van der Waals surface area contributed by atoms with Crippen molar-refractivity contribution in [3.8, 4) is 11.5 Å². The number of carbonyl (C=O) groups excluding carboxylic acids is 1. The molecule has 3 N–H and O–H groups in total. The highest BCUT2D eigenvalue weighted by Gasteiger charge is 1.98. The molecule has 0 spiro atoms. The molecule has 0 aliphatic rings. The van der Waals surface area contributed by atoms with Gasteiger partial charge in [0.25, 0.3) is 0 Å². The fourth-order valence-electron chi connectivity index (χ4n) is 1.41. The van der Waals surface area contributed by atoms with Crippen LogP contribution in [0.5, 0.6) is 11.5 Å². The van der Waals surface area contributed by atoms with Gasteiger partial charge in [-0.15, -0.1) is 0 Å². The number of nitrogens with two attached hydrogens (primary N) is 1. The van der Waals surface area contributed by atoms with Crippen molar-refractivity contribution < 1.29 is 9.53 Å². The second-order valence-corrected chi connectivity index (χ2v) is 3.65. The number of urea groups is 1. The lowest BCUT2D eigenvalue weighted by molar-refractivity contribution is 0.248. The van der Waals surface area contributed by atoms with Crippen molar-refractivity contribution >= 4 is 6.03 Å². The molecule has 0 saturated carbocycles. The fourth-order valence-corrected chi connectivity index (χ4v) is 1.41. The van der Waals surface area contributed by atoms with E-state index in [9.17, 15) is 4.79 Å². The Bertz CT molecular complexity index is 512. The van der Waals surface area contributed by atoms with Crippen LogP contribution in [0.15, 0.2) is 48.8 Å². The Balaban J connectivity index is 1.97. The first kappa shape index (κ1) is 11.9. The predicted octanol–water partition coefficient (Wildman–Crippen LogP) is 2.04. The van der Waals surface area contributed by atoms with Crippen molar-refractivity contribution in [1.29, 1.82) is 0 Å². The maximum Gasteiger partial charge on any atom is 0.312 e. The molecule has 2 amide bonds. The molecule has 0 radical (unpaired) electrons. The van der Waals surface area contributed by atoms with Crippen LogP contribution < -0.4 is 15.8 Å². The summed E-state index contributed by atoms with van der Waals surface area (Å²) in [5.74, 6) is 1.46. The number of rotatable bonds is 4. The third-order valence-corrected chi connectivity index (χ3v) is 2.28. The molecule has 5 heteroatoms. The maximum absolute atomic E-state index is 10.6. The number of ether oxygens (including phenoxy) is 1. The average Bonchev–Trinajstić information content (AvgIpc) is 2.39. The van der Waals surface area contributed by atoms with E-state index in [0.717, 1.165) is 17.1 Å². The van der Waals surface area contributed by atoms with E-state index in [1.165, 1.54) is 0 Å². The average molecular weight is 243 g/mol. The van der Waals surface area contributed by atoms with E-state index < -0.39 is 6.03 Å². The first-order valence-corrected chi connectivity index (χ1v) is 5.44. The lowest BCUT2D eigenvalue weighted by Crippen LogP contribution is -2.28. The summed E-state index contributed by atoms with van der Waals surface area (Å²) in [7, 11) is 0. The quantitative estimate of drug-likeness (QED) is 0.862. The minimum atomic E-state index is -0.535.